The maximum Gasteiger partial charge on any atom is 0.267 e. The van der Waals surface area contributed by atoms with Crippen molar-refractivity contribution < 1.29 is 13.9 Å². The van der Waals surface area contributed by atoms with Gasteiger partial charge in [0.2, 0.25) is 0 Å². The van der Waals surface area contributed by atoms with Crippen molar-refractivity contribution in [2.24, 2.45) is 0 Å². The Bertz CT molecular complexity index is 1470. The zero-order valence-electron chi connectivity index (χ0n) is 21.2. The molecule has 5 rings (SSSR count). The molecule has 198 valence electrons. The maximum atomic E-state index is 13.8. The van der Waals surface area contributed by atoms with Gasteiger partial charge in [0.05, 0.1) is 10.5 Å². The number of aromatic nitrogens is 2. The largest absolute Gasteiger partial charge is 0.385 e. The van der Waals surface area contributed by atoms with Gasteiger partial charge in [-0.2, -0.15) is 0 Å². The third-order valence-electron chi connectivity index (χ3n) is 6.64. The van der Waals surface area contributed by atoms with Gasteiger partial charge in [-0.3, -0.25) is 18.9 Å². The number of pyridine rings is 1. The Morgan fingerprint density at radius 2 is 1.79 bits per heavy atom. The second kappa shape index (κ2) is 11.2. The zero-order chi connectivity index (χ0) is 26.8. The first-order valence-electron chi connectivity index (χ1n) is 12.4. The Morgan fingerprint density at radius 3 is 2.50 bits per heavy atom. The van der Waals surface area contributed by atoms with Crippen LogP contribution in [-0.2, 0) is 9.53 Å². The topological polar surface area (TPSA) is 70.4 Å². The highest BCUT2D eigenvalue weighted by Gasteiger charge is 2.33. The molecule has 0 radical (unpaired) electrons. The van der Waals surface area contributed by atoms with Crippen LogP contribution in [0.25, 0.3) is 11.7 Å². The van der Waals surface area contributed by atoms with Gasteiger partial charge in [0, 0.05) is 58.3 Å². The maximum absolute atomic E-state index is 13.8. The van der Waals surface area contributed by atoms with E-state index in [1.165, 1.54) is 28.3 Å². The smallest absolute Gasteiger partial charge is 0.267 e. The predicted molar refractivity (Wildman–Crippen MR) is 153 cm³/mol. The Kier molecular flexibility index (Phi) is 7.78. The molecule has 2 aromatic heterocycles. The SMILES string of the molecule is COCCCN1C(=O)/C(=C\c2c(N3CCN(c4ccc(F)cc4)CC3)nc3ccc(C)cn3c2=O)SC1=S. The average molecular weight is 554 g/mol. The number of carbonyl (C=O) groups is 1. The first kappa shape index (κ1) is 26.3. The van der Waals surface area contributed by atoms with Crippen molar-refractivity contribution in [3.05, 3.63) is 74.8 Å². The number of aryl methyl sites for hydroxylation is 1. The summed E-state index contributed by atoms with van der Waals surface area (Å²) in [7, 11) is 1.62. The first-order chi connectivity index (χ1) is 18.4. The van der Waals surface area contributed by atoms with Crippen LogP contribution in [0.1, 0.15) is 17.5 Å². The summed E-state index contributed by atoms with van der Waals surface area (Å²) in [6.07, 6.45) is 4.06. The van der Waals surface area contributed by atoms with Crippen LogP contribution in [0, 0.1) is 12.7 Å². The van der Waals surface area contributed by atoms with Crippen molar-refractivity contribution in [2.45, 2.75) is 13.3 Å². The highest BCUT2D eigenvalue weighted by Crippen LogP contribution is 2.34. The summed E-state index contributed by atoms with van der Waals surface area (Å²) < 4.78 is 20.5. The van der Waals surface area contributed by atoms with Gasteiger partial charge in [-0.1, -0.05) is 30.0 Å². The molecule has 1 aromatic carbocycles. The van der Waals surface area contributed by atoms with Crippen LogP contribution in [0.2, 0.25) is 0 Å². The number of methoxy groups -OCH3 is 1. The number of fused-ring (bicyclic) bond motifs is 1. The number of benzene rings is 1. The third-order valence-corrected chi connectivity index (χ3v) is 8.01. The molecule has 0 aliphatic carbocycles. The lowest BCUT2D eigenvalue weighted by atomic mass is 10.2. The van der Waals surface area contributed by atoms with E-state index >= 15 is 0 Å². The standard InChI is InChI=1S/C27H28FN5O3S2/c1-18-4-9-23-29-24(31-13-11-30(12-14-31)20-7-5-19(28)6-8-20)21(25(34)33(23)17-18)16-22-26(35)32(27(37)38-22)10-3-15-36-2/h4-9,16-17H,3,10-15H2,1-2H3/b22-16+. The van der Waals surface area contributed by atoms with Crippen LogP contribution < -0.4 is 15.4 Å². The van der Waals surface area contributed by atoms with Crippen molar-refractivity contribution in [1.29, 1.82) is 0 Å². The van der Waals surface area contributed by atoms with Gasteiger partial charge in [-0.25, -0.2) is 9.37 Å². The number of thioether (sulfide) groups is 1. The molecule has 1 amide bonds. The van der Waals surface area contributed by atoms with Crippen molar-refractivity contribution in [3.8, 4) is 0 Å². The minimum absolute atomic E-state index is 0.211. The normalized spacial score (nSPS) is 17.3. The van der Waals surface area contributed by atoms with Gasteiger partial charge in [0.1, 0.15) is 21.6 Å². The Balaban J connectivity index is 1.49. The van der Waals surface area contributed by atoms with E-state index < -0.39 is 0 Å². The number of rotatable bonds is 7. The quantitative estimate of drug-likeness (QED) is 0.249. The van der Waals surface area contributed by atoms with E-state index in [1.807, 2.05) is 19.1 Å². The number of hydrogen-bond donors (Lipinski definition) is 0. The van der Waals surface area contributed by atoms with Crippen LogP contribution in [-0.4, -0.2) is 71.0 Å². The molecular weight excluding hydrogens is 525 g/mol. The second-order valence-electron chi connectivity index (χ2n) is 9.22. The lowest BCUT2D eigenvalue weighted by Gasteiger charge is -2.37. The van der Waals surface area contributed by atoms with E-state index in [-0.39, 0.29) is 17.3 Å². The van der Waals surface area contributed by atoms with Crippen LogP contribution in [0.15, 0.2) is 52.3 Å². The lowest BCUT2D eigenvalue weighted by Crippen LogP contribution is -2.47. The monoisotopic (exact) mass is 553 g/mol. The van der Waals surface area contributed by atoms with Crippen molar-refractivity contribution in [1.82, 2.24) is 14.3 Å². The molecule has 2 fully saturated rings. The fourth-order valence-corrected chi connectivity index (χ4v) is 5.92. The summed E-state index contributed by atoms with van der Waals surface area (Å²) in [5, 5.41) is 0. The van der Waals surface area contributed by atoms with E-state index in [0.29, 0.717) is 72.0 Å². The fourth-order valence-electron chi connectivity index (χ4n) is 4.63. The Hall–Kier alpha value is -3.28. The summed E-state index contributed by atoms with van der Waals surface area (Å²) in [6.45, 7) is 5.50. The van der Waals surface area contributed by atoms with Crippen molar-refractivity contribution in [3.63, 3.8) is 0 Å². The van der Waals surface area contributed by atoms with Crippen molar-refractivity contribution in [2.75, 3.05) is 56.2 Å². The molecule has 11 heteroatoms. The van der Waals surface area contributed by atoms with Crippen LogP contribution >= 0.6 is 24.0 Å². The van der Waals surface area contributed by atoms with E-state index in [2.05, 4.69) is 9.80 Å². The van der Waals surface area contributed by atoms with E-state index in [4.69, 9.17) is 21.9 Å². The second-order valence-corrected chi connectivity index (χ2v) is 10.9. The number of piperazine rings is 1. The number of nitrogens with zero attached hydrogens (tertiary/aromatic N) is 5. The third kappa shape index (κ3) is 5.31. The molecule has 2 aliphatic rings. The minimum Gasteiger partial charge on any atom is -0.385 e. The summed E-state index contributed by atoms with van der Waals surface area (Å²) in [4.78, 5) is 38.0. The highest BCUT2D eigenvalue weighted by molar-refractivity contribution is 8.26. The molecule has 0 atom stereocenters. The van der Waals surface area contributed by atoms with Gasteiger partial charge in [-0.05, 0) is 55.3 Å². The molecule has 0 unspecified atom stereocenters. The minimum atomic E-state index is -0.266. The number of thiocarbonyl (C=S) groups is 1. The highest BCUT2D eigenvalue weighted by atomic mass is 32.2. The molecule has 4 heterocycles. The van der Waals surface area contributed by atoms with E-state index in [9.17, 15) is 14.0 Å². The van der Waals surface area contributed by atoms with Gasteiger partial charge < -0.3 is 14.5 Å². The molecule has 0 spiro atoms. The number of amides is 1. The zero-order valence-corrected chi connectivity index (χ0v) is 22.9. The molecule has 3 aromatic rings. The van der Waals surface area contributed by atoms with Gasteiger partial charge in [0.15, 0.2) is 0 Å². The Morgan fingerprint density at radius 1 is 1.08 bits per heavy atom. The fraction of sp³-hybridized carbons (Fsp3) is 0.333. The van der Waals surface area contributed by atoms with Crippen LogP contribution in [0.5, 0.6) is 0 Å². The average Bonchev–Trinajstić information content (AvgIpc) is 3.18. The number of ether oxygens (including phenoxy) is 1. The number of anilines is 2. The van der Waals surface area contributed by atoms with Crippen LogP contribution in [0.4, 0.5) is 15.9 Å². The summed E-state index contributed by atoms with van der Waals surface area (Å²) in [5.41, 5.74) is 2.55. The van der Waals surface area contributed by atoms with Gasteiger partial charge >= 0.3 is 0 Å². The molecule has 38 heavy (non-hydrogen) atoms. The summed E-state index contributed by atoms with van der Waals surface area (Å²) in [5.74, 6) is 0.0661. The molecule has 0 saturated carbocycles. The number of carbonyl (C=O) groups excluding carboxylic acids is 1. The van der Waals surface area contributed by atoms with Crippen LogP contribution in [0.3, 0.4) is 0 Å². The number of halogens is 1. The first-order valence-corrected chi connectivity index (χ1v) is 13.6. The summed E-state index contributed by atoms with van der Waals surface area (Å²) >= 11 is 6.66. The van der Waals surface area contributed by atoms with Crippen molar-refractivity contribution >= 4 is 57.4 Å². The van der Waals surface area contributed by atoms with Gasteiger partial charge in [0.25, 0.3) is 11.5 Å². The predicted octanol–water partition coefficient (Wildman–Crippen LogP) is 3.71. The molecule has 0 N–H and O–H groups in total. The van der Waals surface area contributed by atoms with Gasteiger partial charge in [-0.15, -0.1) is 0 Å². The molecule has 2 saturated heterocycles. The number of hydrogen-bond acceptors (Lipinski definition) is 8. The molecular formula is C27H28FN5O3S2. The summed E-state index contributed by atoms with van der Waals surface area (Å²) in [6, 6.07) is 10.2. The van der Waals surface area contributed by atoms with E-state index in [0.717, 1.165) is 11.3 Å². The Labute approximate surface area is 229 Å². The molecule has 8 nitrogen and oxygen atoms in total. The van der Waals surface area contributed by atoms with E-state index in [1.54, 1.807) is 36.4 Å². The molecule has 2 aliphatic heterocycles. The molecule has 0 bridgehead atoms. The lowest BCUT2D eigenvalue weighted by molar-refractivity contribution is -0.122.